The number of fused-ring (bicyclic) bond motifs is 2. The molecule has 6 heteroatoms. The second-order valence-corrected chi connectivity index (χ2v) is 10.9. The van der Waals surface area contributed by atoms with Crippen LogP contribution in [0, 0.1) is 18.8 Å². The Hall–Kier alpha value is -2.73. The Morgan fingerprint density at radius 1 is 0.972 bits per heavy atom. The molecule has 0 N–H and O–H groups in total. The van der Waals surface area contributed by atoms with Gasteiger partial charge in [-0.2, -0.15) is 0 Å². The molecule has 0 amide bonds. The zero-order valence-corrected chi connectivity index (χ0v) is 23.9. The first-order valence-electron chi connectivity index (χ1n) is 12.8. The smallest absolute Gasteiger partial charge is 0.195 e. The zero-order valence-electron chi connectivity index (χ0n) is 22.3. The molecule has 2 heterocycles. The van der Waals surface area contributed by atoms with E-state index < -0.39 is 0 Å². The van der Waals surface area contributed by atoms with Gasteiger partial charge in [0.05, 0.1) is 17.2 Å². The number of hydrogen-bond donors (Lipinski definition) is 0. The molecule has 36 heavy (non-hydrogen) atoms. The first kappa shape index (κ1) is 27.9. The van der Waals surface area contributed by atoms with Crippen molar-refractivity contribution in [3.05, 3.63) is 74.8 Å². The number of nitrogens with zero attached hydrogens (tertiary/aromatic N) is 3. The number of anilines is 1. The summed E-state index contributed by atoms with van der Waals surface area (Å²) in [4.78, 5) is 22.6. The van der Waals surface area contributed by atoms with Gasteiger partial charge >= 0.3 is 0 Å². The van der Waals surface area contributed by atoms with Crippen LogP contribution < -0.4 is 10.3 Å². The second kappa shape index (κ2) is 13.0. The third-order valence-corrected chi connectivity index (χ3v) is 7.10. The molecule has 0 atom stereocenters. The summed E-state index contributed by atoms with van der Waals surface area (Å²) in [5, 5.41) is 1.74. The van der Waals surface area contributed by atoms with E-state index in [1.807, 2.05) is 63.2 Å². The van der Waals surface area contributed by atoms with E-state index in [4.69, 9.17) is 4.42 Å². The van der Waals surface area contributed by atoms with E-state index >= 15 is 0 Å². The van der Waals surface area contributed by atoms with Crippen molar-refractivity contribution in [1.82, 2.24) is 9.97 Å². The molecule has 2 aromatic carbocycles. The molecule has 0 saturated heterocycles. The molecule has 0 bridgehead atoms. The predicted octanol–water partition coefficient (Wildman–Crippen LogP) is 7.95. The lowest BCUT2D eigenvalue weighted by molar-refractivity contribution is 0.308. The number of hydrogen-bond acceptors (Lipinski definition) is 5. The van der Waals surface area contributed by atoms with Crippen LogP contribution in [0.3, 0.4) is 0 Å². The van der Waals surface area contributed by atoms with Crippen molar-refractivity contribution in [2.45, 2.75) is 59.8 Å². The number of aryl methyl sites for hydroxylation is 2. The third-order valence-electron chi connectivity index (χ3n) is 6.61. The summed E-state index contributed by atoms with van der Waals surface area (Å²) < 4.78 is 6.24. The van der Waals surface area contributed by atoms with E-state index in [0.717, 1.165) is 44.4 Å². The molecule has 5 rings (SSSR count). The molecule has 1 aliphatic carbocycles. The summed E-state index contributed by atoms with van der Waals surface area (Å²) in [7, 11) is 3.99. The highest BCUT2D eigenvalue weighted by Gasteiger charge is 2.13. The van der Waals surface area contributed by atoms with E-state index in [9.17, 15) is 4.79 Å². The lowest BCUT2D eigenvalue weighted by Gasteiger charge is -2.22. The fourth-order valence-electron chi connectivity index (χ4n) is 4.33. The molecule has 4 aromatic rings. The molecule has 0 spiro atoms. The van der Waals surface area contributed by atoms with Crippen LogP contribution in [0.4, 0.5) is 5.82 Å². The molecular weight excluding hydrogens is 514 g/mol. The van der Waals surface area contributed by atoms with Crippen molar-refractivity contribution >= 4 is 43.6 Å². The molecule has 1 saturated carbocycles. The van der Waals surface area contributed by atoms with E-state index in [-0.39, 0.29) is 5.43 Å². The molecule has 1 fully saturated rings. The first-order valence-corrected chi connectivity index (χ1v) is 13.6. The Labute approximate surface area is 223 Å². The highest BCUT2D eigenvalue weighted by atomic mass is 79.9. The molecule has 2 aromatic heterocycles. The quantitative estimate of drug-likeness (QED) is 0.253. The molecular formula is C30H38BrN3O2. The van der Waals surface area contributed by atoms with Crippen LogP contribution in [-0.2, 0) is 6.42 Å². The summed E-state index contributed by atoms with van der Waals surface area (Å²) in [5.74, 6) is 3.83. The Morgan fingerprint density at radius 2 is 1.61 bits per heavy atom. The van der Waals surface area contributed by atoms with E-state index in [2.05, 4.69) is 39.7 Å². The maximum Gasteiger partial charge on any atom is 0.195 e. The van der Waals surface area contributed by atoms with Gasteiger partial charge in [0.2, 0.25) is 0 Å². The normalized spacial score (nSPS) is 17.1. The topological polar surface area (TPSA) is 59.2 Å². The van der Waals surface area contributed by atoms with Gasteiger partial charge in [0.25, 0.3) is 0 Å². The summed E-state index contributed by atoms with van der Waals surface area (Å²) >= 11 is 3.33. The van der Waals surface area contributed by atoms with Gasteiger partial charge in [-0.1, -0.05) is 74.5 Å². The molecule has 192 valence electrons. The van der Waals surface area contributed by atoms with Crippen LogP contribution in [0.25, 0.3) is 21.9 Å². The molecule has 1 aliphatic rings. The summed E-state index contributed by atoms with van der Waals surface area (Å²) in [6.45, 7) is 8.59. The van der Waals surface area contributed by atoms with Gasteiger partial charge < -0.3 is 9.32 Å². The van der Waals surface area contributed by atoms with Crippen molar-refractivity contribution in [2.24, 2.45) is 11.8 Å². The largest absolute Gasteiger partial charge is 0.464 e. The van der Waals surface area contributed by atoms with Gasteiger partial charge in [-0.05, 0) is 55.5 Å². The van der Waals surface area contributed by atoms with E-state index in [0.29, 0.717) is 17.4 Å². The fraction of sp³-hybridized carbons (Fsp3) is 0.433. The van der Waals surface area contributed by atoms with Crippen LogP contribution in [0.15, 0.2) is 62.4 Å². The van der Waals surface area contributed by atoms with Gasteiger partial charge in [-0.15, -0.1) is 0 Å². The minimum Gasteiger partial charge on any atom is -0.464 e. The van der Waals surface area contributed by atoms with Crippen molar-refractivity contribution in [3.8, 4) is 0 Å². The van der Waals surface area contributed by atoms with Crippen molar-refractivity contribution in [1.29, 1.82) is 0 Å². The average molecular weight is 553 g/mol. The van der Waals surface area contributed by atoms with Crippen molar-refractivity contribution in [3.63, 3.8) is 0 Å². The van der Waals surface area contributed by atoms with Crippen LogP contribution in [-0.4, -0.2) is 24.1 Å². The number of benzene rings is 2. The molecule has 0 radical (unpaired) electrons. The lowest BCUT2D eigenvalue weighted by Crippen LogP contribution is -2.12. The van der Waals surface area contributed by atoms with Crippen LogP contribution in [0.2, 0.25) is 0 Å². The molecule has 0 aliphatic heterocycles. The first-order chi connectivity index (χ1) is 17.2. The lowest BCUT2D eigenvalue weighted by atomic mass is 9.84. The van der Waals surface area contributed by atoms with Crippen LogP contribution in [0.1, 0.15) is 57.8 Å². The Morgan fingerprint density at radius 3 is 2.22 bits per heavy atom. The summed E-state index contributed by atoms with van der Waals surface area (Å²) in [6, 6.07) is 13.5. The van der Waals surface area contributed by atoms with Gasteiger partial charge in [0.15, 0.2) is 5.43 Å². The Balaban J connectivity index is 0.000000157. The van der Waals surface area contributed by atoms with Crippen LogP contribution >= 0.6 is 15.9 Å². The zero-order chi connectivity index (χ0) is 26.2. The summed E-state index contributed by atoms with van der Waals surface area (Å²) in [5.41, 5.74) is 2.42. The maximum atomic E-state index is 11.8. The highest BCUT2D eigenvalue weighted by molar-refractivity contribution is 9.10. The summed E-state index contributed by atoms with van der Waals surface area (Å²) in [6.07, 6.45) is 8.13. The standard InChI is InChI=1S/C11H9BrO2.C11H13N3.C8H16/c1-2-7-6-14-10-4-3-8(12)5-9(10)11(7)13;1-8-12-10-7-5-4-6-9(10)11(13-8)14(2)3;1-7-3-5-8(2)6-4-7/h3-6H,2H2,1H3;4-7H,1-3H3;7-8H,3-6H2,1-2H3. The molecule has 5 nitrogen and oxygen atoms in total. The SMILES string of the molecule is CC1CCC(C)CC1.CCc1coc2ccc(Br)cc2c1=O.Cc1nc(N(C)C)c2ccccc2n1. The minimum atomic E-state index is 0.0649. The number of halogens is 1. The number of rotatable bonds is 2. The fourth-order valence-corrected chi connectivity index (χ4v) is 4.69. The Kier molecular flexibility index (Phi) is 10.1. The van der Waals surface area contributed by atoms with E-state index in [1.54, 1.807) is 18.4 Å². The monoisotopic (exact) mass is 551 g/mol. The van der Waals surface area contributed by atoms with Crippen LogP contribution in [0.5, 0.6) is 0 Å². The van der Waals surface area contributed by atoms with Gasteiger partial charge in [-0.3, -0.25) is 4.79 Å². The van der Waals surface area contributed by atoms with Gasteiger partial charge in [0.1, 0.15) is 17.2 Å². The van der Waals surface area contributed by atoms with Gasteiger partial charge in [-0.25, -0.2) is 9.97 Å². The molecule has 0 unspecified atom stereocenters. The van der Waals surface area contributed by atoms with Gasteiger partial charge in [0, 0.05) is 29.5 Å². The third kappa shape index (κ3) is 7.39. The van der Waals surface area contributed by atoms with Crippen molar-refractivity contribution in [2.75, 3.05) is 19.0 Å². The second-order valence-electron chi connectivity index (χ2n) is 9.96. The average Bonchev–Trinajstić information content (AvgIpc) is 2.86. The Bertz CT molecular complexity index is 1330. The minimum absolute atomic E-state index is 0.0649. The maximum absolute atomic E-state index is 11.8. The van der Waals surface area contributed by atoms with Crippen molar-refractivity contribution < 1.29 is 4.42 Å². The van der Waals surface area contributed by atoms with E-state index in [1.165, 1.54) is 25.7 Å². The predicted molar refractivity (Wildman–Crippen MR) is 155 cm³/mol. The highest BCUT2D eigenvalue weighted by Crippen LogP contribution is 2.27. The number of aromatic nitrogens is 2. The number of para-hydroxylation sites is 1.